The van der Waals surface area contributed by atoms with Gasteiger partial charge in [-0.05, 0) is 31.2 Å². The van der Waals surface area contributed by atoms with Crippen molar-refractivity contribution in [3.8, 4) is 0 Å². The van der Waals surface area contributed by atoms with Gasteiger partial charge in [0.05, 0.1) is 12.6 Å². The molecule has 0 bridgehead atoms. The smallest absolute Gasteiger partial charge is 0.370 e. The van der Waals surface area contributed by atoms with E-state index in [1.54, 1.807) is 0 Å². The van der Waals surface area contributed by atoms with E-state index >= 15 is 0 Å². The summed E-state index contributed by atoms with van der Waals surface area (Å²) in [6, 6.07) is 2.02. The SMILES string of the molecule is CCCNC(COCC(F)(F)F)c1cc(F)ccc1F. The van der Waals surface area contributed by atoms with Crippen molar-refractivity contribution < 1.29 is 26.7 Å². The second-order valence-corrected chi connectivity index (χ2v) is 4.30. The molecular formula is C13H16F5NO. The van der Waals surface area contributed by atoms with Crippen LogP contribution in [-0.4, -0.2) is 25.9 Å². The van der Waals surface area contributed by atoms with E-state index in [2.05, 4.69) is 10.1 Å². The normalized spacial score (nSPS) is 13.5. The van der Waals surface area contributed by atoms with Gasteiger partial charge in [0, 0.05) is 5.56 Å². The molecule has 20 heavy (non-hydrogen) atoms. The molecule has 0 radical (unpaired) electrons. The highest BCUT2D eigenvalue weighted by atomic mass is 19.4. The molecule has 114 valence electrons. The molecule has 0 spiro atoms. The largest absolute Gasteiger partial charge is 0.411 e. The zero-order chi connectivity index (χ0) is 15.2. The van der Waals surface area contributed by atoms with Crippen LogP contribution in [0.3, 0.4) is 0 Å². The van der Waals surface area contributed by atoms with Gasteiger partial charge in [0.2, 0.25) is 0 Å². The molecule has 0 aliphatic rings. The van der Waals surface area contributed by atoms with Crippen LogP contribution in [0.5, 0.6) is 0 Å². The average Bonchev–Trinajstić information content (AvgIpc) is 2.35. The monoisotopic (exact) mass is 297 g/mol. The first kappa shape index (κ1) is 16.8. The Bertz CT molecular complexity index is 422. The first-order valence-electron chi connectivity index (χ1n) is 6.16. The molecule has 1 aromatic rings. The Labute approximate surface area is 113 Å². The van der Waals surface area contributed by atoms with Gasteiger partial charge in [0.15, 0.2) is 0 Å². The van der Waals surface area contributed by atoms with Gasteiger partial charge in [0.1, 0.15) is 18.2 Å². The number of hydrogen-bond donors (Lipinski definition) is 1. The maximum absolute atomic E-state index is 13.6. The lowest BCUT2D eigenvalue weighted by Crippen LogP contribution is -2.29. The van der Waals surface area contributed by atoms with Crippen molar-refractivity contribution >= 4 is 0 Å². The van der Waals surface area contributed by atoms with Crippen molar-refractivity contribution in [2.24, 2.45) is 0 Å². The minimum absolute atomic E-state index is 0.0411. The molecule has 0 aromatic heterocycles. The highest BCUT2D eigenvalue weighted by Gasteiger charge is 2.28. The van der Waals surface area contributed by atoms with Gasteiger partial charge < -0.3 is 10.1 Å². The summed E-state index contributed by atoms with van der Waals surface area (Å²) in [6.07, 6.45) is -3.75. The molecule has 1 aromatic carbocycles. The predicted octanol–water partition coefficient (Wildman–Crippen LogP) is 3.58. The average molecular weight is 297 g/mol. The van der Waals surface area contributed by atoms with Crippen molar-refractivity contribution in [2.75, 3.05) is 19.8 Å². The van der Waals surface area contributed by atoms with Crippen molar-refractivity contribution in [1.82, 2.24) is 5.32 Å². The fourth-order valence-electron chi connectivity index (χ4n) is 1.65. The van der Waals surface area contributed by atoms with E-state index in [1.165, 1.54) is 0 Å². The van der Waals surface area contributed by atoms with Crippen LogP contribution in [0.2, 0.25) is 0 Å². The quantitative estimate of drug-likeness (QED) is 0.777. The first-order chi connectivity index (χ1) is 9.33. The molecule has 1 atom stereocenters. The maximum Gasteiger partial charge on any atom is 0.411 e. The summed E-state index contributed by atoms with van der Waals surface area (Å²) in [5.74, 6) is -1.34. The van der Waals surface area contributed by atoms with Gasteiger partial charge >= 0.3 is 6.18 Å². The number of nitrogens with one attached hydrogen (secondary N) is 1. The third-order valence-corrected chi connectivity index (χ3v) is 2.52. The van der Waals surface area contributed by atoms with Crippen LogP contribution >= 0.6 is 0 Å². The standard InChI is InChI=1S/C13H16F5NO/c1-2-5-19-12(7-20-8-13(16,17)18)10-6-9(14)3-4-11(10)15/h3-4,6,12,19H,2,5,7-8H2,1H3. The molecule has 1 rings (SSSR count). The van der Waals surface area contributed by atoms with E-state index < -0.39 is 30.5 Å². The summed E-state index contributed by atoms with van der Waals surface area (Å²) in [7, 11) is 0. The van der Waals surface area contributed by atoms with Crippen molar-refractivity contribution in [2.45, 2.75) is 25.6 Å². The lowest BCUT2D eigenvalue weighted by atomic mass is 10.1. The highest BCUT2D eigenvalue weighted by molar-refractivity contribution is 5.22. The highest BCUT2D eigenvalue weighted by Crippen LogP contribution is 2.21. The van der Waals surface area contributed by atoms with Crippen LogP contribution in [-0.2, 0) is 4.74 Å². The molecule has 0 aliphatic heterocycles. The zero-order valence-corrected chi connectivity index (χ0v) is 10.9. The van der Waals surface area contributed by atoms with E-state index in [9.17, 15) is 22.0 Å². The minimum Gasteiger partial charge on any atom is -0.370 e. The van der Waals surface area contributed by atoms with Crippen molar-refractivity contribution in [1.29, 1.82) is 0 Å². The molecule has 1 unspecified atom stereocenters. The zero-order valence-electron chi connectivity index (χ0n) is 10.9. The lowest BCUT2D eigenvalue weighted by molar-refractivity contribution is -0.175. The topological polar surface area (TPSA) is 21.3 Å². The van der Waals surface area contributed by atoms with E-state index in [0.29, 0.717) is 13.0 Å². The molecule has 1 N–H and O–H groups in total. The Kier molecular flexibility index (Phi) is 6.35. The van der Waals surface area contributed by atoms with Gasteiger partial charge in [-0.25, -0.2) is 8.78 Å². The van der Waals surface area contributed by atoms with Crippen LogP contribution in [0.1, 0.15) is 24.9 Å². The van der Waals surface area contributed by atoms with E-state index in [0.717, 1.165) is 18.2 Å². The molecular weight excluding hydrogens is 281 g/mol. The summed E-state index contributed by atoms with van der Waals surface area (Å²) in [5.41, 5.74) is -0.0411. The number of halogens is 5. The number of hydrogen-bond acceptors (Lipinski definition) is 2. The molecule has 0 saturated carbocycles. The van der Waals surface area contributed by atoms with Crippen LogP contribution < -0.4 is 5.32 Å². The minimum atomic E-state index is -4.45. The Morgan fingerprint density at radius 2 is 1.95 bits per heavy atom. The van der Waals surface area contributed by atoms with Gasteiger partial charge in [-0.3, -0.25) is 0 Å². The van der Waals surface area contributed by atoms with Crippen LogP contribution in [0.15, 0.2) is 18.2 Å². The molecule has 0 heterocycles. The number of rotatable bonds is 7. The fourth-order valence-corrected chi connectivity index (χ4v) is 1.65. The molecule has 2 nitrogen and oxygen atoms in total. The van der Waals surface area contributed by atoms with Gasteiger partial charge in [-0.15, -0.1) is 0 Å². The fraction of sp³-hybridized carbons (Fsp3) is 0.538. The second kappa shape index (κ2) is 7.54. The number of ether oxygens (including phenoxy) is 1. The molecule has 0 amide bonds. The van der Waals surface area contributed by atoms with E-state index in [4.69, 9.17) is 0 Å². The Morgan fingerprint density at radius 1 is 1.25 bits per heavy atom. The van der Waals surface area contributed by atoms with Crippen LogP contribution in [0.4, 0.5) is 22.0 Å². The lowest BCUT2D eigenvalue weighted by Gasteiger charge is -2.20. The van der Waals surface area contributed by atoms with E-state index in [1.807, 2.05) is 6.92 Å². The summed E-state index contributed by atoms with van der Waals surface area (Å²) >= 11 is 0. The summed E-state index contributed by atoms with van der Waals surface area (Å²) in [5, 5.41) is 2.84. The Morgan fingerprint density at radius 3 is 2.55 bits per heavy atom. The molecule has 0 fully saturated rings. The number of benzene rings is 1. The van der Waals surface area contributed by atoms with Crippen molar-refractivity contribution in [3.05, 3.63) is 35.4 Å². The third kappa shape index (κ3) is 5.83. The van der Waals surface area contributed by atoms with Crippen LogP contribution in [0.25, 0.3) is 0 Å². The molecule has 0 aliphatic carbocycles. The summed E-state index contributed by atoms with van der Waals surface area (Å²) < 4.78 is 67.4. The number of alkyl halides is 3. The first-order valence-corrected chi connectivity index (χ1v) is 6.16. The predicted molar refractivity (Wildman–Crippen MR) is 64.3 cm³/mol. The van der Waals surface area contributed by atoms with Gasteiger partial charge in [0.25, 0.3) is 0 Å². The third-order valence-electron chi connectivity index (χ3n) is 2.52. The van der Waals surface area contributed by atoms with Crippen molar-refractivity contribution in [3.63, 3.8) is 0 Å². The molecule has 0 saturated heterocycles. The van der Waals surface area contributed by atoms with E-state index in [-0.39, 0.29) is 12.2 Å². The summed E-state index contributed by atoms with van der Waals surface area (Å²) in [4.78, 5) is 0. The Balaban J connectivity index is 2.75. The molecule has 7 heteroatoms. The summed E-state index contributed by atoms with van der Waals surface area (Å²) in [6.45, 7) is 0.493. The van der Waals surface area contributed by atoms with Crippen LogP contribution in [0, 0.1) is 11.6 Å². The Hall–Kier alpha value is -1.21. The van der Waals surface area contributed by atoms with Gasteiger partial charge in [-0.2, -0.15) is 13.2 Å². The maximum atomic E-state index is 13.6. The van der Waals surface area contributed by atoms with Gasteiger partial charge in [-0.1, -0.05) is 6.92 Å². The second-order valence-electron chi connectivity index (χ2n) is 4.30.